The third-order valence-corrected chi connectivity index (χ3v) is 5.16. The van der Waals surface area contributed by atoms with E-state index < -0.39 is 22.0 Å². The Morgan fingerprint density at radius 2 is 1.91 bits per heavy atom. The molecule has 0 saturated carbocycles. The van der Waals surface area contributed by atoms with Gasteiger partial charge in [-0.25, -0.2) is 13.1 Å². The fourth-order valence-corrected chi connectivity index (χ4v) is 4.16. The van der Waals surface area contributed by atoms with Crippen LogP contribution >= 0.6 is 0 Å². The number of benzene rings is 1. The van der Waals surface area contributed by atoms with Crippen LogP contribution in [0.15, 0.2) is 30.3 Å². The molecule has 2 rings (SSSR count). The molecule has 0 spiro atoms. The molecule has 1 aromatic rings. The summed E-state index contributed by atoms with van der Waals surface area (Å²) in [6.07, 6.45) is 1.47. The number of sulfonamides is 1. The highest BCUT2D eigenvalue weighted by atomic mass is 32.2. The lowest BCUT2D eigenvalue weighted by molar-refractivity contribution is -0.118. The lowest BCUT2D eigenvalue weighted by atomic mass is 9.90. The zero-order valence-corrected chi connectivity index (χ0v) is 13.2. The third-order valence-electron chi connectivity index (χ3n) is 3.79. The first-order valence-electron chi connectivity index (χ1n) is 7.36. The van der Waals surface area contributed by atoms with Crippen molar-refractivity contribution in [1.82, 2.24) is 4.72 Å². The van der Waals surface area contributed by atoms with Crippen LogP contribution in [0, 0.1) is 5.92 Å². The van der Waals surface area contributed by atoms with Gasteiger partial charge in [-0.2, -0.15) is 0 Å². The minimum atomic E-state index is -3.53. The SMILES string of the molecule is NC(=O)CC(NS(=O)(=O)Cc1ccccc1)C1CCOCC1. The Labute approximate surface area is 131 Å². The second-order valence-electron chi connectivity index (χ2n) is 5.59. The van der Waals surface area contributed by atoms with Gasteiger partial charge in [-0.1, -0.05) is 30.3 Å². The number of hydrogen-bond donors (Lipinski definition) is 2. The first kappa shape index (κ1) is 16.9. The molecule has 1 fully saturated rings. The van der Waals surface area contributed by atoms with Crippen molar-refractivity contribution in [1.29, 1.82) is 0 Å². The molecule has 0 radical (unpaired) electrons. The summed E-state index contributed by atoms with van der Waals surface area (Å²) in [5.74, 6) is -0.530. The standard InChI is InChI=1S/C15H22N2O4S/c16-15(18)10-14(13-6-8-21-9-7-13)17-22(19,20)11-12-4-2-1-3-5-12/h1-5,13-14,17H,6-11H2,(H2,16,18). The molecule has 0 aliphatic carbocycles. The maximum atomic E-state index is 12.3. The van der Waals surface area contributed by atoms with Crippen LogP contribution in [-0.4, -0.2) is 33.6 Å². The maximum Gasteiger partial charge on any atom is 0.219 e. The lowest BCUT2D eigenvalue weighted by Gasteiger charge is -2.30. The molecular formula is C15H22N2O4S. The van der Waals surface area contributed by atoms with Crippen LogP contribution in [0.25, 0.3) is 0 Å². The van der Waals surface area contributed by atoms with Gasteiger partial charge in [0.25, 0.3) is 0 Å². The Bertz CT molecular complexity index is 583. The molecule has 0 bridgehead atoms. The quantitative estimate of drug-likeness (QED) is 0.773. The van der Waals surface area contributed by atoms with Crippen molar-refractivity contribution < 1.29 is 17.9 Å². The van der Waals surface area contributed by atoms with E-state index in [0.29, 0.717) is 18.8 Å². The van der Waals surface area contributed by atoms with E-state index >= 15 is 0 Å². The van der Waals surface area contributed by atoms with E-state index in [2.05, 4.69) is 4.72 Å². The molecule has 1 aliphatic heterocycles. The average Bonchev–Trinajstić information content (AvgIpc) is 2.47. The van der Waals surface area contributed by atoms with Crippen LogP contribution in [0.3, 0.4) is 0 Å². The number of ether oxygens (including phenoxy) is 1. The summed E-state index contributed by atoms with van der Waals surface area (Å²) in [4.78, 5) is 11.3. The van der Waals surface area contributed by atoms with Crippen molar-refractivity contribution in [3.8, 4) is 0 Å². The molecule has 1 heterocycles. The minimum Gasteiger partial charge on any atom is -0.381 e. The number of nitrogens with one attached hydrogen (secondary N) is 1. The van der Waals surface area contributed by atoms with Crippen molar-refractivity contribution in [2.75, 3.05) is 13.2 Å². The number of carbonyl (C=O) groups excluding carboxylic acids is 1. The zero-order valence-electron chi connectivity index (χ0n) is 12.4. The molecule has 1 atom stereocenters. The van der Waals surface area contributed by atoms with E-state index in [0.717, 1.165) is 12.8 Å². The summed E-state index contributed by atoms with van der Waals surface area (Å²) < 4.78 is 32.6. The molecule has 7 heteroatoms. The Morgan fingerprint density at radius 1 is 1.27 bits per heavy atom. The van der Waals surface area contributed by atoms with E-state index in [9.17, 15) is 13.2 Å². The predicted molar refractivity (Wildman–Crippen MR) is 83.3 cm³/mol. The van der Waals surface area contributed by atoms with Gasteiger partial charge in [-0.05, 0) is 24.3 Å². The topological polar surface area (TPSA) is 98.5 Å². The van der Waals surface area contributed by atoms with Crippen LogP contribution in [0.2, 0.25) is 0 Å². The molecule has 1 unspecified atom stereocenters. The van der Waals surface area contributed by atoms with Gasteiger partial charge >= 0.3 is 0 Å². The normalized spacial score (nSPS) is 18.0. The van der Waals surface area contributed by atoms with E-state index in [-0.39, 0.29) is 18.1 Å². The van der Waals surface area contributed by atoms with Crippen molar-refractivity contribution in [3.63, 3.8) is 0 Å². The number of hydrogen-bond acceptors (Lipinski definition) is 4. The third kappa shape index (κ3) is 5.40. The summed E-state index contributed by atoms with van der Waals surface area (Å²) >= 11 is 0. The second kappa shape index (κ2) is 7.71. The number of rotatable bonds is 7. The average molecular weight is 326 g/mol. The molecule has 122 valence electrons. The molecule has 6 nitrogen and oxygen atoms in total. The number of nitrogens with two attached hydrogens (primary N) is 1. The van der Waals surface area contributed by atoms with Crippen molar-refractivity contribution in [3.05, 3.63) is 35.9 Å². The molecule has 0 aromatic heterocycles. The van der Waals surface area contributed by atoms with Gasteiger partial charge in [-0.15, -0.1) is 0 Å². The van der Waals surface area contributed by atoms with Crippen molar-refractivity contribution in [2.45, 2.75) is 31.1 Å². The van der Waals surface area contributed by atoms with E-state index in [1.54, 1.807) is 24.3 Å². The van der Waals surface area contributed by atoms with Crippen LogP contribution in [0.1, 0.15) is 24.8 Å². The van der Waals surface area contributed by atoms with Crippen molar-refractivity contribution >= 4 is 15.9 Å². The second-order valence-corrected chi connectivity index (χ2v) is 7.34. The van der Waals surface area contributed by atoms with Crippen LogP contribution in [-0.2, 0) is 25.3 Å². The highest BCUT2D eigenvalue weighted by Crippen LogP contribution is 2.22. The number of primary amides is 1. The Kier molecular flexibility index (Phi) is 5.93. The smallest absolute Gasteiger partial charge is 0.219 e. The van der Waals surface area contributed by atoms with E-state index in [4.69, 9.17) is 10.5 Å². The predicted octanol–water partition coefficient (Wildman–Crippen LogP) is 0.777. The fourth-order valence-electron chi connectivity index (χ4n) is 2.71. The maximum absolute atomic E-state index is 12.3. The van der Waals surface area contributed by atoms with E-state index in [1.807, 2.05) is 6.07 Å². The summed E-state index contributed by atoms with van der Waals surface area (Å²) in [6.45, 7) is 1.17. The van der Waals surface area contributed by atoms with Gasteiger partial charge in [0.2, 0.25) is 15.9 Å². The summed E-state index contributed by atoms with van der Waals surface area (Å²) in [6, 6.07) is 8.49. The minimum absolute atomic E-state index is 0.0126. The zero-order chi connectivity index (χ0) is 16.0. The van der Waals surface area contributed by atoms with Crippen LogP contribution < -0.4 is 10.5 Å². The van der Waals surface area contributed by atoms with Crippen LogP contribution in [0.5, 0.6) is 0 Å². The molecular weight excluding hydrogens is 304 g/mol. The highest BCUT2D eigenvalue weighted by Gasteiger charge is 2.29. The lowest BCUT2D eigenvalue weighted by Crippen LogP contribution is -2.44. The molecule has 1 amide bonds. The molecule has 1 aromatic carbocycles. The largest absolute Gasteiger partial charge is 0.381 e. The van der Waals surface area contributed by atoms with Gasteiger partial charge in [-0.3, -0.25) is 4.79 Å². The first-order valence-corrected chi connectivity index (χ1v) is 9.01. The number of amides is 1. The van der Waals surface area contributed by atoms with Gasteiger partial charge in [0.1, 0.15) is 0 Å². The summed E-state index contributed by atoms with van der Waals surface area (Å²) in [5.41, 5.74) is 5.97. The molecule has 3 N–H and O–H groups in total. The Hall–Kier alpha value is -1.44. The van der Waals surface area contributed by atoms with Gasteiger partial charge in [0.15, 0.2) is 0 Å². The molecule has 22 heavy (non-hydrogen) atoms. The molecule has 1 aliphatic rings. The monoisotopic (exact) mass is 326 g/mol. The summed E-state index contributed by atoms with van der Waals surface area (Å²) in [5, 5.41) is 0. The highest BCUT2D eigenvalue weighted by molar-refractivity contribution is 7.88. The number of carbonyl (C=O) groups is 1. The van der Waals surface area contributed by atoms with Gasteiger partial charge in [0.05, 0.1) is 5.75 Å². The molecule has 1 saturated heterocycles. The van der Waals surface area contributed by atoms with Gasteiger partial charge < -0.3 is 10.5 Å². The summed E-state index contributed by atoms with van der Waals surface area (Å²) in [7, 11) is -3.53. The van der Waals surface area contributed by atoms with Gasteiger partial charge in [0, 0.05) is 25.7 Å². The van der Waals surface area contributed by atoms with E-state index in [1.165, 1.54) is 0 Å². The first-order chi connectivity index (χ1) is 10.5. The van der Waals surface area contributed by atoms with Crippen molar-refractivity contribution in [2.24, 2.45) is 11.7 Å². The Balaban J connectivity index is 2.05. The Morgan fingerprint density at radius 3 is 2.50 bits per heavy atom. The fraction of sp³-hybridized carbons (Fsp3) is 0.533. The van der Waals surface area contributed by atoms with Crippen LogP contribution in [0.4, 0.5) is 0 Å².